The van der Waals surface area contributed by atoms with Gasteiger partial charge in [-0.2, -0.15) is 0 Å². The number of hydrogen-bond donors (Lipinski definition) is 0. The first-order valence-corrected chi connectivity index (χ1v) is 12.3. The van der Waals surface area contributed by atoms with Crippen LogP contribution in [0.4, 0.5) is 0 Å². The minimum atomic E-state index is -0.130. The molecule has 2 aromatic carbocycles. The lowest BCUT2D eigenvalue weighted by Gasteiger charge is -2.33. The number of nitrogens with zero attached hydrogens (tertiary/aromatic N) is 3. The Balaban J connectivity index is 1.34. The van der Waals surface area contributed by atoms with Crippen LogP contribution in [0, 0.1) is 6.92 Å². The zero-order chi connectivity index (χ0) is 22.6. The molecule has 1 aliphatic heterocycles. The van der Waals surface area contributed by atoms with E-state index in [-0.39, 0.29) is 11.9 Å². The number of piperidine rings is 1. The summed E-state index contributed by atoms with van der Waals surface area (Å²) >= 11 is 1.51. The number of likely N-dealkylation sites (tertiary alicyclic amines) is 1. The second-order valence-electron chi connectivity index (χ2n) is 8.52. The van der Waals surface area contributed by atoms with Crippen molar-refractivity contribution >= 4 is 17.2 Å². The summed E-state index contributed by atoms with van der Waals surface area (Å²) in [4.78, 5) is 25.5. The van der Waals surface area contributed by atoms with Crippen LogP contribution in [-0.4, -0.2) is 27.3 Å². The predicted octanol–water partition coefficient (Wildman–Crippen LogP) is 5.99. The Morgan fingerprint density at radius 1 is 1.03 bits per heavy atom. The summed E-state index contributed by atoms with van der Waals surface area (Å²) in [6.07, 6.45) is 6.17. The zero-order valence-electron chi connectivity index (χ0n) is 18.7. The van der Waals surface area contributed by atoms with E-state index in [1.165, 1.54) is 22.5 Å². The third-order valence-electron chi connectivity index (χ3n) is 6.07. The molecule has 1 aliphatic rings. The maximum Gasteiger partial charge on any atom is 0.266 e. The van der Waals surface area contributed by atoms with Gasteiger partial charge in [0.15, 0.2) is 0 Å². The van der Waals surface area contributed by atoms with E-state index in [0.717, 1.165) is 47.0 Å². The molecule has 3 heterocycles. The fraction of sp³-hybridized carbons (Fsp3) is 0.296. The number of carbonyl (C=O) groups is 1. The molecule has 0 aliphatic carbocycles. The molecule has 5 rings (SSSR count). The van der Waals surface area contributed by atoms with Crippen molar-refractivity contribution in [1.82, 2.24) is 14.9 Å². The molecule has 1 unspecified atom stereocenters. The average molecular weight is 458 g/mol. The molecule has 2 aromatic heterocycles. The normalized spacial score (nSPS) is 16.2. The molecule has 1 amide bonds. The maximum absolute atomic E-state index is 13.6. The highest BCUT2D eigenvalue weighted by Crippen LogP contribution is 2.34. The van der Waals surface area contributed by atoms with Crippen molar-refractivity contribution in [1.29, 1.82) is 0 Å². The molecule has 168 valence electrons. The molecule has 0 bridgehead atoms. The van der Waals surface area contributed by atoms with E-state index in [1.54, 1.807) is 6.20 Å². The van der Waals surface area contributed by atoms with Crippen LogP contribution in [0.25, 0.3) is 0 Å². The quantitative estimate of drug-likeness (QED) is 0.357. The molecule has 0 spiro atoms. The van der Waals surface area contributed by atoms with Gasteiger partial charge in [0.05, 0.1) is 16.9 Å². The molecule has 0 radical (unpaired) electrons. The highest BCUT2D eigenvalue weighted by molar-refractivity contribution is 7.13. The number of aromatic nitrogens is 2. The topological polar surface area (TPSA) is 59.2 Å². The summed E-state index contributed by atoms with van der Waals surface area (Å²) < 4.78 is 6.14. The Labute approximate surface area is 198 Å². The number of amides is 1. The van der Waals surface area contributed by atoms with Crippen molar-refractivity contribution in [2.24, 2.45) is 0 Å². The molecular formula is C27H27N3O2S. The first kappa shape index (κ1) is 21.6. The van der Waals surface area contributed by atoms with Gasteiger partial charge in [0.1, 0.15) is 16.7 Å². The van der Waals surface area contributed by atoms with Crippen LogP contribution in [0.1, 0.15) is 68.5 Å². The lowest BCUT2D eigenvalue weighted by molar-refractivity contribution is 0.0574. The number of oxazole rings is 1. The second kappa shape index (κ2) is 9.71. The van der Waals surface area contributed by atoms with E-state index >= 15 is 0 Å². The maximum atomic E-state index is 13.6. The van der Waals surface area contributed by atoms with E-state index in [2.05, 4.69) is 29.2 Å². The highest BCUT2D eigenvalue weighted by Gasteiger charge is 2.33. The monoisotopic (exact) mass is 457 g/mol. The standard InChI is InChI=1S/C27H27N3O2S/c1-19-25(33-24(29-19)17-21-12-6-3-7-13-21)27(31)30-15-9-8-14-23(30)26-28-18-22(32-26)16-20-10-4-2-5-11-20/h2-7,10-13,18,23H,8-9,14-17H2,1H3. The molecule has 6 heteroatoms. The Kier molecular flexibility index (Phi) is 6.35. The van der Waals surface area contributed by atoms with Crippen LogP contribution in [-0.2, 0) is 12.8 Å². The lowest BCUT2D eigenvalue weighted by Crippen LogP contribution is -2.38. The van der Waals surface area contributed by atoms with E-state index in [9.17, 15) is 4.79 Å². The molecule has 0 N–H and O–H groups in total. The zero-order valence-corrected chi connectivity index (χ0v) is 19.6. The van der Waals surface area contributed by atoms with Crippen LogP contribution in [0.5, 0.6) is 0 Å². The van der Waals surface area contributed by atoms with E-state index < -0.39 is 0 Å². The Morgan fingerprint density at radius 3 is 2.45 bits per heavy atom. The van der Waals surface area contributed by atoms with Gasteiger partial charge >= 0.3 is 0 Å². The third-order valence-corrected chi connectivity index (χ3v) is 7.22. The average Bonchev–Trinajstić information content (AvgIpc) is 3.46. The Bertz CT molecular complexity index is 1220. The molecule has 1 fully saturated rings. The Morgan fingerprint density at radius 2 is 1.73 bits per heavy atom. The van der Waals surface area contributed by atoms with Crippen molar-refractivity contribution in [3.05, 3.63) is 105 Å². The van der Waals surface area contributed by atoms with Crippen molar-refractivity contribution in [3.63, 3.8) is 0 Å². The highest BCUT2D eigenvalue weighted by atomic mass is 32.1. The molecule has 4 aromatic rings. The molecule has 1 atom stereocenters. The van der Waals surface area contributed by atoms with Gasteiger partial charge in [0.2, 0.25) is 5.89 Å². The van der Waals surface area contributed by atoms with Gasteiger partial charge in [-0.25, -0.2) is 9.97 Å². The van der Waals surface area contributed by atoms with Crippen LogP contribution in [0.2, 0.25) is 0 Å². The summed E-state index contributed by atoms with van der Waals surface area (Å²) in [5.74, 6) is 1.51. The van der Waals surface area contributed by atoms with E-state index in [1.807, 2.05) is 48.2 Å². The van der Waals surface area contributed by atoms with Crippen LogP contribution in [0.3, 0.4) is 0 Å². The summed E-state index contributed by atoms with van der Waals surface area (Å²) in [6, 6.07) is 20.3. The van der Waals surface area contributed by atoms with Gasteiger partial charge in [-0.1, -0.05) is 60.7 Å². The smallest absolute Gasteiger partial charge is 0.266 e. The van der Waals surface area contributed by atoms with Crippen LogP contribution < -0.4 is 0 Å². The summed E-state index contributed by atoms with van der Waals surface area (Å²) in [5.41, 5.74) is 3.19. The van der Waals surface area contributed by atoms with E-state index in [0.29, 0.717) is 18.9 Å². The van der Waals surface area contributed by atoms with Crippen molar-refractivity contribution in [2.75, 3.05) is 6.54 Å². The predicted molar refractivity (Wildman–Crippen MR) is 129 cm³/mol. The molecule has 33 heavy (non-hydrogen) atoms. The first-order chi connectivity index (χ1) is 16.2. The third kappa shape index (κ3) is 4.91. The number of rotatable bonds is 6. The molecule has 0 saturated carbocycles. The van der Waals surface area contributed by atoms with E-state index in [4.69, 9.17) is 9.40 Å². The SMILES string of the molecule is Cc1nc(Cc2ccccc2)sc1C(=O)N1CCCCC1c1ncc(Cc2ccccc2)o1. The first-order valence-electron chi connectivity index (χ1n) is 11.5. The fourth-order valence-corrected chi connectivity index (χ4v) is 5.47. The summed E-state index contributed by atoms with van der Waals surface area (Å²) in [7, 11) is 0. The van der Waals surface area contributed by atoms with Crippen molar-refractivity contribution < 1.29 is 9.21 Å². The number of benzene rings is 2. The number of aryl methyl sites for hydroxylation is 1. The fourth-order valence-electron chi connectivity index (χ4n) is 4.41. The van der Waals surface area contributed by atoms with Gasteiger partial charge in [0.25, 0.3) is 5.91 Å². The molecule has 1 saturated heterocycles. The Hall–Kier alpha value is -3.25. The summed E-state index contributed by atoms with van der Waals surface area (Å²) in [6.45, 7) is 2.64. The van der Waals surface area contributed by atoms with Crippen molar-refractivity contribution in [2.45, 2.75) is 45.1 Å². The minimum Gasteiger partial charge on any atom is -0.443 e. The van der Waals surface area contributed by atoms with Crippen molar-refractivity contribution in [3.8, 4) is 0 Å². The molecule has 5 nitrogen and oxygen atoms in total. The largest absolute Gasteiger partial charge is 0.443 e. The van der Waals surface area contributed by atoms with Gasteiger partial charge in [-0.15, -0.1) is 11.3 Å². The van der Waals surface area contributed by atoms with Gasteiger partial charge < -0.3 is 9.32 Å². The van der Waals surface area contributed by atoms with Crippen LogP contribution in [0.15, 0.2) is 71.3 Å². The van der Waals surface area contributed by atoms with Gasteiger partial charge in [0, 0.05) is 19.4 Å². The lowest BCUT2D eigenvalue weighted by atomic mass is 10.0. The van der Waals surface area contributed by atoms with Crippen LogP contribution >= 0.6 is 11.3 Å². The van der Waals surface area contributed by atoms with Gasteiger partial charge in [-0.3, -0.25) is 4.79 Å². The minimum absolute atomic E-state index is 0.0387. The number of carbonyl (C=O) groups excluding carboxylic acids is 1. The molecular weight excluding hydrogens is 430 g/mol. The summed E-state index contributed by atoms with van der Waals surface area (Å²) in [5, 5.41) is 0.969. The number of hydrogen-bond acceptors (Lipinski definition) is 5. The number of thiazole rings is 1. The second-order valence-corrected chi connectivity index (χ2v) is 9.61. The van der Waals surface area contributed by atoms with Gasteiger partial charge in [-0.05, 0) is 37.3 Å².